The molecule has 0 fully saturated rings. The number of hydrogen-bond acceptors (Lipinski definition) is 3. The first kappa shape index (κ1) is 10.9. The van der Waals surface area contributed by atoms with Crippen LogP contribution in [-0.4, -0.2) is 35.5 Å². The van der Waals surface area contributed by atoms with Gasteiger partial charge in [-0.15, -0.1) is 0 Å². The highest BCUT2D eigenvalue weighted by Gasteiger charge is 2.12. The van der Waals surface area contributed by atoms with E-state index in [1.165, 1.54) is 0 Å². The lowest BCUT2D eigenvalue weighted by Gasteiger charge is -2.19. The van der Waals surface area contributed by atoms with Crippen molar-refractivity contribution in [1.29, 1.82) is 0 Å². The van der Waals surface area contributed by atoms with E-state index >= 15 is 0 Å². The SMILES string of the molecule is CC(C)CN[C@H](CO)[C@@H](C)O. The maximum atomic E-state index is 9.10. The molecule has 11 heavy (non-hydrogen) atoms. The Bertz CT molecular complexity index is 94.1. The Morgan fingerprint density at radius 2 is 1.82 bits per heavy atom. The average Bonchev–Trinajstić information content (AvgIpc) is 1.87. The molecule has 0 bridgehead atoms. The fourth-order valence-corrected chi connectivity index (χ4v) is 0.775. The number of aliphatic hydroxyl groups is 2. The molecule has 68 valence electrons. The molecule has 0 heterocycles. The Balaban J connectivity index is 3.52. The third-order valence-corrected chi connectivity index (χ3v) is 1.57. The molecule has 0 aliphatic rings. The van der Waals surface area contributed by atoms with Crippen LogP contribution in [0.4, 0.5) is 0 Å². The van der Waals surface area contributed by atoms with Crippen molar-refractivity contribution in [2.24, 2.45) is 5.92 Å². The van der Waals surface area contributed by atoms with Crippen molar-refractivity contribution in [3.05, 3.63) is 0 Å². The van der Waals surface area contributed by atoms with Gasteiger partial charge in [-0.25, -0.2) is 0 Å². The molecule has 3 nitrogen and oxygen atoms in total. The zero-order chi connectivity index (χ0) is 8.85. The Morgan fingerprint density at radius 1 is 1.27 bits per heavy atom. The van der Waals surface area contributed by atoms with Crippen molar-refractivity contribution >= 4 is 0 Å². The molecule has 3 N–H and O–H groups in total. The standard InChI is InChI=1S/C8H19NO2/c1-6(2)4-9-8(5-10)7(3)11/h6-11H,4-5H2,1-3H3/t7-,8-/m1/s1. The van der Waals surface area contributed by atoms with E-state index in [1.54, 1.807) is 6.92 Å². The van der Waals surface area contributed by atoms with Crippen LogP contribution in [0.25, 0.3) is 0 Å². The van der Waals surface area contributed by atoms with Crippen LogP contribution in [-0.2, 0) is 0 Å². The van der Waals surface area contributed by atoms with E-state index in [2.05, 4.69) is 19.2 Å². The van der Waals surface area contributed by atoms with Crippen LogP contribution in [0.5, 0.6) is 0 Å². The Kier molecular flexibility index (Phi) is 5.46. The van der Waals surface area contributed by atoms with Gasteiger partial charge in [0.25, 0.3) is 0 Å². The van der Waals surface area contributed by atoms with Crippen LogP contribution in [0, 0.1) is 5.92 Å². The molecule has 3 heteroatoms. The van der Waals surface area contributed by atoms with Crippen molar-refractivity contribution in [2.45, 2.75) is 32.9 Å². The van der Waals surface area contributed by atoms with E-state index in [0.717, 1.165) is 6.54 Å². The van der Waals surface area contributed by atoms with Crippen LogP contribution >= 0.6 is 0 Å². The molecule has 0 spiro atoms. The van der Waals surface area contributed by atoms with Gasteiger partial charge in [0.05, 0.1) is 18.8 Å². The topological polar surface area (TPSA) is 52.5 Å². The van der Waals surface area contributed by atoms with Gasteiger partial charge in [-0.1, -0.05) is 13.8 Å². The largest absolute Gasteiger partial charge is 0.395 e. The van der Waals surface area contributed by atoms with Gasteiger partial charge in [-0.2, -0.15) is 0 Å². The summed E-state index contributed by atoms with van der Waals surface area (Å²) in [7, 11) is 0. The van der Waals surface area contributed by atoms with E-state index in [9.17, 15) is 0 Å². The molecular formula is C8H19NO2. The minimum atomic E-state index is -0.487. The lowest BCUT2D eigenvalue weighted by molar-refractivity contribution is 0.102. The summed E-state index contributed by atoms with van der Waals surface area (Å²) in [5.74, 6) is 0.544. The first-order valence-electron chi connectivity index (χ1n) is 4.10. The van der Waals surface area contributed by atoms with Crippen LogP contribution in [0.1, 0.15) is 20.8 Å². The zero-order valence-electron chi connectivity index (χ0n) is 7.54. The molecule has 0 rings (SSSR count). The number of nitrogens with one attached hydrogen (secondary N) is 1. The van der Waals surface area contributed by atoms with Crippen molar-refractivity contribution in [3.63, 3.8) is 0 Å². The Labute approximate surface area is 68.4 Å². The van der Waals surface area contributed by atoms with E-state index in [4.69, 9.17) is 10.2 Å². The first-order valence-corrected chi connectivity index (χ1v) is 4.10. The predicted molar refractivity (Wildman–Crippen MR) is 45.4 cm³/mol. The van der Waals surface area contributed by atoms with Gasteiger partial charge in [-0.05, 0) is 19.4 Å². The smallest absolute Gasteiger partial charge is 0.0687 e. The molecule has 0 unspecified atom stereocenters. The van der Waals surface area contributed by atoms with Crippen LogP contribution in [0.3, 0.4) is 0 Å². The van der Waals surface area contributed by atoms with Gasteiger partial charge in [0.2, 0.25) is 0 Å². The van der Waals surface area contributed by atoms with Crippen LogP contribution in [0.15, 0.2) is 0 Å². The highest BCUT2D eigenvalue weighted by molar-refractivity contribution is 4.71. The average molecular weight is 161 g/mol. The highest BCUT2D eigenvalue weighted by atomic mass is 16.3. The third kappa shape index (κ3) is 5.18. The van der Waals surface area contributed by atoms with E-state index in [-0.39, 0.29) is 12.6 Å². The van der Waals surface area contributed by atoms with Crippen molar-refractivity contribution in [1.82, 2.24) is 5.32 Å². The molecule has 0 aliphatic heterocycles. The Morgan fingerprint density at radius 3 is 2.09 bits per heavy atom. The zero-order valence-corrected chi connectivity index (χ0v) is 7.54. The number of rotatable bonds is 5. The summed E-state index contributed by atoms with van der Waals surface area (Å²) in [6.07, 6.45) is -0.487. The van der Waals surface area contributed by atoms with Crippen molar-refractivity contribution in [2.75, 3.05) is 13.2 Å². The summed E-state index contributed by atoms with van der Waals surface area (Å²) in [5.41, 5.74) is 0. The third-order valence-electron chi connectivity index (χ3n) is 1.57. The maximum Gasteiger partial charge on any atom is 0.0687 e. The van der Waals surface area contributed by atoms with Gasteiger partial charge in [0.15, 0.2) is 0 Å². The Hall–Kier alpha value is -0.120. The quantitative estimate of drug-likeness (QED) is 0.531. The van der Waals surface area contributed by atoms with Crippen molar-refractivity contribution < 1.29 is 10.2 Å². The fraction of sp³-hybridized carbons (Fsp3) is 1.00. The molecule has 2 atom stereocenters. The molecule has 0 aromatic heterocycles. The van der Waals surface area contributed by atoms with Gasteiger partial charge < -0.3 is 15.5 Å². The summed E-state index contributed by atoms with van der Waals surface area (Å²) >= 11 is 0. The normalized spacial score (nSPS) is 16.9. The second-order valence-corrected chi connectivity index (χ2v) is 3.33. The van der Waals surface area contributed by atoms with Crippen molar-refractivity contribution in [3.8, 4) is 0 Å². The number of hydrogen-bond donors (Lipinski definition) is 3. The van der Waals surface area contributed by atoms with Gasteiger partial charge >= 0.3 is 0 Å². The summed E-state index contributed by atoms with van der Waals surface area (Å²) < 4.78 is 0. The van der Waals surface area contributed by atoms with E-state index in [1.807, 2.05) is 0 Å². The molecule has 0 saturated heterocycles. The first-order chi connectivity index (χ1) is 5.07. The van der Waals surface area contributed by atoms with Gasteiger partial charge in [0, 0.05) is 0 Å². The summed E-state index contributed by atoms with van der Waals surface area (Å²) in [6, 6.07) is -0.183. The van der Waals surface area contributed by atoms with Gasteiger partial charge in [0.1, 0.15) is 0 Å². The summed E-state index contributed by atoms with van der Waals surface area (Å²) in [6.45, 7) is 6.67. The molecule has 0 aliphatic carbocycles. The maximum absolute atomic E-state index is 9.10. The molecule has 0 aromatic rings. The highest BCUT2D eigenvalue weighted by Crippen LogP contribution is 1.94. The fourth-order valence-electron chi connectivity index (χ4n) is 0.775. The lowest BCUT2D eigenvalue weighted by atomic mass is 10.1. The van der Waals surface area contributed by atoms with E-state index in [0.29, 0.717) is 5.92 Å². The predicted octanol–water partition coefficient (Wildman–Crippen LogP) is -0.0263. The molecule has 0 aromatic carbocycles. The molecular weight excluding hydrogens is 142 g/mol. The second-order valence-electron chi connectivity index (χ2n) is 3.33. The second kappa shape index (κ2) is 5.52. The van der Waals surface area contributed by atoms with Gasteiger partial charge in [-0.3, -0.25) is 0 Å². The molecule has 0 amide bonds. The molecule has 0 saturated carbocycles. The summed E-state index contributed by atoms with van der Waals surface area (Å²) in [5, 5.41) is 21.0. The minimum Gasteiger partial charge on any atom is -0.395 e. The van der Waals surface area contributed by atoms with E-state index < -0.39 is 6.10 Å². The van der Waals surface area contributed by atoms with Crippen LogP contribution < -0.4 is 5.32 Å². The molecule has 0 radical (unpaired) electrons. The van der Waals surface area contributed by atoms with Crippen LogP contribution in [0.2, 0.25) is 0 Å². The number of aliphatic hydroxyl groups excluding tert-OH is 2. The monoisotopic (exact) mass is 161 g/mol. The minimum absolute atomic E-state index is 0.00954. The lowest BCUT2D eigenvalue weighted by Crippen LogP contribution is -2.42. The summed E-state index contributed by atoms with van der Waals surface area (Å²) in [4.78, 5) is 0.